The molecule has 5 nitrogen and oxygen atoms in total. The number of rotatable bonds is 1. The highest BCUT2D eigenvalue weighted by Crippen LogP contribution is 2.29. The summed E-state index contributed by atoms with van der Waals surface area (Å²) in [5.41, 5.74) is 5.03. The summed E-state index contributed by atoms with van der Waals surface area (Å²) in [4.78, 5) is 11.7. The Balaban J connectivity index is 2.05. The Bertz CT molecular complexity index is 836. The van der Waals surface area contributed by atoms with E-state index >= 15 is 0 Å². The van der Waals surface area contributed by atoms with Crippen LogP contribution in [0.25, 0.3) is 16.8 Å². The van der Waals surface area contributed by atoms with Gasteiger partial charge < -0.3 is 0 Å². The molecule has 0 amide bonds. The number of ketones is 1. The van der Waals surface area contributed by atoms with Crippen LogP contribution in [0, 0.1) is 6.92 Å². The van der Waals surface area contributed by atoms with Crippen LogP contribution in [0.3, 0.4) is 0 Å². The Kier molecular flexibility index (Phi) is 2.24. The number of hydrogen-bond donors (Lipinski definition) is 0. The van der Waals surface area contributed by atoms with E-state index in [2.05, 4.69) is 15.3 Å². The molecule has 1 aliphatic rings. The van der Waals surface area contributed by atoms with E-state index in [9.17, 15) is 4.79 Å². The fourth-order valence-electron chi connectivity index (χ4n) is 2.79. The van der Waals surface area contributed by atoms with Crippen LogP contribution in [0.15, 0.2) is 30.3 Å². The molecule has 2 heterocycles. The van der Waals surface area contributed by atoms with Crippen LogP contribution in [0.4, 0.5) is 0 Å². The summed E-state index contributed by atoms with van der Waals surface area (Å²) in [5.74, 6) is 0.0591. The van der Waals surface area contributed by atoms with Crippen molar-refractivity contribution >= 4 is 11.4 Å². The summed E-state index contributed by atoms with van der Waals surface area (Å²) >= 11 is 0. The Hall–Kier alpha value is -2.56. The SMILES string of the molecule is Cc1nn2c3c(nnc2c1-c1ccccc1)C(=O)CC3. The predicted octanol–water partition coefficient (Wildman–Crippen LogP) is 2.23. The number of Topliss-reactive ketones (excluding diaryl/α,β-unsaturated/α-hetero) is 1. The van der Waals surface area contributed by atoms with Crippen molar-refractivity contribution < 1.29 is 4.79 Å². The van der Waals surface area contributed by atoms with E-state index in [4.69, 9.17) is 0 Å². The summed E-state index contributed by atoms with van der Waals surface area (Å²) in [6.45, 7) is 1.96. The van der Waals surface area contributed by atoms with Crippen molar-refractivity contribution in [3.8, 4) is 11.1 Å². The third-order valence-electron chi connectivity index (χ3n) is 3.73. The maximum atomic E-state index is 11.7. The second-order valence-electron chi connectivity index (χ2n) is 4.98. The smallest absolute Gasteiger partial charge is 0.185 e. The van der Waals surface area contributed by atoms with Crippen LogP contribution < -0.4 is 0 Å². The summed E-state index contributed by atoms with van der Waals surface area (Å²) in [6, 6.07) is 10.0. The Morgan fingerprint density at radius 2 is 1.90 bits per heavy atom. The van der Waals surface area contributed by atoms with Gasteiger partial charge in [0.25, 0.3) is 0 Å². The predicted molar refractivity (Wildman–Crippen MR) is 73.6 cm³/mol. The highest BCUT2D eigenvalue weighted by molar-refractivity contribution is 5.98. The molecule has 0 N–H and O–H groups in total. The molecule has 0 fully saturated rings. The fraction of sp³-hybridized carbons (Fsp3) is 0.200. The molecule has 4 rings (SSSR count). The summed E-state index contributed by atoms with van der Waals surface area (Å²) in [7, 11) is 0. The summed E-state index contributed by atoms with van der Waals surface area (Å²) in [6.07, 6.45) is 1.19. The van der Waals surface area contributed by atoms with Crippen molar-refractivity contribution in [2.24, 2.45) is 0 Å². The average Bonchev–Trinajstić information content (AvgIpc) is 3.00. The second-order valence-corrected chi connectivity index (χ2v) is 4.98. The number of benzene rings is 1. The van der Waals surface area contributed by atoms with Crippen LogP contribution >= 0.6 is 0 Å². The van der Waals surface area contributed by atoms with Gasteiger partial charge in [-0.3, -0.25) is 4.79 Å². The molecule has 1 aromatic carbocycles. The molecule has 0 bridgehead atoms. The van der Waals surface area contributed by atoms with E-state index in [1.807, 2.05) is 37.3 Å². The molecular weight excluding hydrogens is 252 g/mol. The summed E-state index contributed by atoms with van der Waals surface area (Å²) < 4.78 is 1.78. The highest BCUT2D eigenvalue weighted by Gasteiger charge is 2.27. The van der Waals surface area contributed by atoms with Crippen LogP contribution in [-0.2, 0) is 6.42 Å². The number of hydrogen-bond acceptors (Lipinski definition) is 4. The number of nitrogens with zero attached hydrogens (tertiary/aromatic N) is 4. The maximum Gasteiger partial charge on any atom is 0.185 e. The van der Waals surface area contributed by atoms with Gasteiger partial charge in [0, 0.05) is 6.42 Å². The molecule has 0 radical (unpaired) electrons. The molecule has 2 aromatic heterocycles. The highest BCUT2D eigenvalue weighted by atomic mass is 16.1. The quantitative estimate of drug-likeness (QED) is 0.676. The van der Waals surface area contributed by atoms with E-state index in [-0.39, 0.29) is 5.78 Å². The van der Waals surface area contributed by atoms with E-state index in [0.29, 0.717) is 18.5 Å². The second kappa shape index (κ2) is 3.96. The van der Waals surface area contributed by atoms with Crippen molar-refractivity contribution in [2.75, 3.05) is 0 Å². The average molecular weight is 264 g/mol. The van der Waals surface area contributed by atoms with E-state index in [0.717, 1.165) is 28.2 Å². The number of aromatic nitrogens is 4. The van der Waals surface area contributed by atoms with Crippen molar-refractivity contribution in [1.82, 2.24) is 19.8 Å². The van der Waals surface area contributed by atoms with Crippen LogP contribution in [0.2, 0.25) is 0 Å². The van der Waals surface area contributed by atoms with E-state index in [1.54, 1.807) is 4.52 Å². The molecule has 5 heteroatoms. The van der Waals surface area contributed by atoms with Gasteiger partial charge in [-0.1, -0.05) is 30.3 Å². The van der Waals surface area contributed by atoms with Gasteiger partial charge in [0.15, 0.2) is 17.1 Å². The molecule has 0 aliphatic heterocycles. The molecule has 20 heavy (non-hydrogen) atoms. The number of carbonyl (C=O) groups is 1. The van der Waals surface area contributed by atoms with E-state index in [1.165, 1.54) is 0 Å². The van der Waals surface area contributed by atoms with Gasteiger partial charge in [-0.15, -0.1) is 10.2 Å². The van der Waals surface area contributed by atoms with Gasteiger partial charge in [0.1, 0.15) is 0 Å². The van der Waals surface area contributed by atoms with Crippen LogP contribution in [0.5, 0.6) is 0 Å². The third-order valence-corrected chi connectivity index (χ3v) is 3.73. The number of fused-ring (bicyclic) bond motifs is 3. The lowest BCUT2D eigenvalue weighted by molar-refractivity contribution is 0.0989. The topological polar surface area (TPSA) is 60.1 Å². The first-order valence-electron chi connectivity index (χ1n) is 6.59. The first-order chi connectivity index (χ1) is 9.75. The zero-order valence-electron chi connectivity index (χ0n) is 11.0. The van der Waals surface area contributed by atoms with Gasteiger partial charge >= 0.3 is 0 Å². The standard InChI is InChI=1S/C15H12N4O/c1-9-13(10-5-3-2-4-6-10)15-17-16-14-11(19(15)18-9)7-8-12(14)20/h2-6H,7-8H2,1H3. The Morgan fingerprint density at radius 1 is 1.10 bits per heavy atom. The van der Waals surface area contributed by atoms with Crippen molar-refractivity contribution in [1.29, 1.82) is 0 Å². The number of aryl methyl sites for hydroxylation is 2. The maximum absolute atomic E-state index is 11.7. The van der Waals surface area contributed by atoms with E-state index < -0.39 is 0 Å². The monoisotopic (exact) mass is 264 g/mol. The van der Waals surface area contributed by atoms with Gasteiger partial charge in [-0.05, 0) is 18.9 Å². The molecule has 0 atom stereocenters. The molecule has 0 saturated carbocycles. The molecular formula is C15H12N4O. The largest absolute Gasteiger partial charge is 0.292 e. The zero-order valence-corrected chi connectivity index (χ0v) is 11.0. The molecule has 0 unspecified atom stereocenters. The molecule has 0 spiro atoms. The van der Waals surface area contributed by atoms with Gasteiger partial charge in [0.05, 0.1) is 17.0 Å². The fourth-order valence-corrected chi connectivity index (χ4v) is 2.79. The molecule has 0 saturated heterocycles. The first-order valence-corrected chi connectivity index (χ1v) is 6.59. The normalized spacial score (nSPS) is 13.9. The Morgan fingerprint density at radius 3 is 2.70 bits per heavy atom. The van der Waals surface area contributed by atoms with Gasteiger partial charge in [0.2, 0.25) is 0 Å². The first kappa shape index (κ1) is 11.3. The minimum absolute atomic E-state index is 0.0591. The lowest BCUT2D eigenvalue weighted by Gasteiger charge is -2.01. The Labute approximate surface area is 115 Å². The minimum Gasteiger partial charge on any atom is -0.292 e. The lowest BCUT2D eigenvalue weighted by Crippen LogP contribution is -2.05. The lowest BCUT2D eigenvalue weighted by atomic mass is 10.1. The molecule has 3 aromatic rings. The molecule has 1 aliphatic carbocycles. The van der Waals surface area contributed by atoms with Crippen LogP contribution in [-0.4, -0.2) is 25.6 Å². The van der Waals surface area contributed by atoms with Crippen molar-refractivity contribution in [3.63, 3.8) is 0 Å². The molecule has 98 valence electrons. The van der Waals surface area contributed by atoms with Crippen molar-refractivity contribution in [3.05, 3.63) is 47.4 Å². The third kappa shape index (κ3) is 1.43. The van der Waals surface area contributed by atoms with Crippen LogP contribution in [0.1, 0.15) is 28.3 Å². The van der Waals surface area contributed by atoms with Gasteiger partial charge in [-0.2, -0.15) is 5.10 Å². The minimum atomic E-state index is 0.0591. The summed E-state index contributed by atoms with van der Waals surface area (Å²) in [5, 5.41) is 12.9. The van der Waals surface area contributed by atoms with Gasteiger partial charge in [-0.25, -0.2) is 4.52 Å². The van der Waals surface area contributed by atoms with Crippen molar-refractivity contribution in [2.45, 2.75) is 19.8 Å². The zero-order chi connectivity index (χ0) is 13.7. The number of carbonyl (C=O) groups excluding carboxylic acids is 1.